The van der Waals surface area contributed by atoms with Crippen molar-refractivity contribution in [3.8, 4) is 0 Å². The molecule has 1 saturated heterocycles. The summed E-state index contributed by atoms with van der Waals surface area (Å²) in [5.74, 6) is -0.536. The quantitative estimate of drug-likeness (QED) is 0.901. The highest BCUT2D eigenvalue weighted by molar-refractivity contribution is 5.89. The molecule has 1 fully saturated rings. The van der Waals surface area contributed by atoms with Crippen LogP contribution in [-0.4, -0.2) is 36.3 Å². The van der Waals surface area contributed by atoms with Crippen LogP contribution in [0.2, 0.25) is 0 Å². The van der Waals surface area contributed by atoms with Gasteiger partial charge in [-0.15, -0.1) is 0 Å². The van der Waals surface area contributed by atoms with Crippen molar-refractivity contribution in [3.05, 3.63) is 35.4 Å². The molecule has 0 aliphatic carbocycles. The maximum atomic E-state index is 12.5. The molecule has 2 rings (SSSR count). The Bertz CT molecular complexity index is 570. The van der Waals surface area contributed by atoms with E-state index in [1.165, 1.54) is 12.1 Å². The van der Waals surface area contributed by atoms with Crippen LogP contribution < -0.4 is 5.32 Å². The fraction of sp³-hybridized carbons (Fsp3) is 0.500. The number of alkyl halides is 3. The van der Waals surface area contributed by atoms with E-state index in [0.29, 0.717) is 26.1 Å². The van der Waals surface area contributed by atoms with Gasteiger partial charge in [0, 0.05) is 26.1 Å². The van der Waals surface area contributed by atoms with Gasteiger partial charge in [0.15, 0.2) is 0 Å². The Morgan fingerprint density at radius 3 is 2.48 bits per heavy atom. The first-order chi connectivity index (χ1) is 10.8. The Kier molecular flexibility index (Phi) is 5.28. The molecule has 1 aliphatic rings. The van der Waals surface area contributed by atoms with Gasteiger partial charge in [-0.25, -0.2) is 0 Å². The van der Waals surface area contributed by atoms with E-state index in [1.807, 2.05) is 6.92 Å². The number of halogens is 3. The molecular weight excluding hydrogens is 309 g/mol. The number of rotatable bonds is 5. The van der Waals surface area contributed by atoms with Crippen molar-refractivity contribution >= 4 is 11.8 Å². The minimum absolute atomic E-state index is 0.0182. The molecule has 1 atom stereocenters. The Morgan fingerprint density at radius 1 is 1.30 bits per heavy atom. The van der Waals surface area contributed by atoms with Crippen LogP contribution in [0.5, 0.6) is 0 Å². The number of nitrogens with one attached hydrogen (secondary N) is 1. The standard InChI is InChI=1S/C16H19F3N2O2/c1-2-21-10-12(9-14(21)22)15(23)20-8-7-11-3-5-13(6-4-11)16(17,18)19/h3-6,12H,2,7-10H2,1H3,(H,20,23). The number of carbonyl (C=O) groups is 2. The van der Waals surface area contributed by atoms with E-state index in [1.54, 1.807) is 4.90 Å². The minimum atomic E-state index is -4.34. The van der Waals surface area contributed by atoms with Crippen LogP contribution in [0.15, 0.2) is 24.3 Å². The molecule has 23 heavy (non-hydrogen) atoms. The molecule has 1 aliphatic heterocycles. The maximum absolute atomic E-state index is 12.5. The van der Waals surface area contributed by atoms with Gasteiger partial charge >= 0.3 is 6.18 Å². The normalized spacial score (nSPS) is 18.3. The third-order valence-electron chi connectivity index (χ3n) is 3.96. The van der Waals surface area contributed by atoms with Gasteiger partial charge in [-0.05, 0) is 31.0 Å². The van der Waals surface area contributed by atoms with E-state index in [-0.39, 0.29) is 24.2 Å². The molecule has 0 radical (unpaired) electrons. The van der Waals surface area contributed by atoms with Gasteiger partial charge in [-0.1, -0.05) is 12.1 Å². The Labute approximate surface area is 132 Å². The second-order valence-corrected chi connectivity index (χ2v) is 5.57. The lowest BCUT2D eigenvalue weighted by Crippen LogP contribution is -2.34. The van der Waals surface area contributed by atoms with Gasteiger partial charge in [0.2, 0.25) is 11.8 Å². The molecule has 126 valence electrons. The van der Waals surface area contributed by atoms with Crippen LogP contribution in [0.1, 0.15) is 24.5 Å². The van der Waals surface area contributed by atoms with Crippen molar-refractivity contribution in [3.63, 3.8) is 0 Å². The Hall–Kier alpha value is -2.05. The molecule has 1 heterocycles. The summed E-state index contributed by atoms with van der Waals surface area (Å²) < 4.78 is 37.4. The van der Waals surface area contributed by atoms with Gasteiger partial charge < -0.3 is 10.2 Å². The molecule has 2 amide bonds. The summed E-state index contributed by atoms with van der Waals surface area (Å²) in [6.07, 6.45) is -3.67. The number of amides is 2. The number of nitrogens with zero attached hydrogens (tertiary/aromatic N) is 1. The zero-order chi connectivity index (χ0) is 17.0. The second kappa shape index (κ2) is 7.02. The van der Waals surface area contributed by atoms with E-state index in [4.69, 9.17) is 0 Å². The first kappa shape index (κ1) is 17.3. The molecule has 0 saturated carbocycles. The van der Waals surface area contributed by atoms with Crippen LogP contribution in [-0.2, 0) is 22.2 Å². The van der Waals surface area contributed by atoms with Crippen LogP contribution >= 0.6 is 0 Å². The van der Waals surface area contributed by atoms with E-state index in [2.05, 4.69) is 5.32 Å². The SMILES string of the molecule is CCN1CC(C(=O)NCCc2ccc(C(F)(F)F)cc2)CC1=O. The van der Waals surface area contributed by atoms with Crippen molar-refractivity contribution in [1.82, 2.24) is 10.2 Å². The molecule has 1 unspecified atom stereocenters. The summed E-state index contributed by atoms with van der Waals surface area (Å²) in [6.45, 7) is 3.22. The highest BCUT2D eigenvalue weighted by Crippen LogP contribution is 2.29. The molecule has 1 N–H and O–H groups in total. The van der Waals surface area contributed by atoms with Gasteiger partial charge in [-0.2, -0.15) is 13.2 Å². The number of likely N-dealkylation sites (tertiary alicyclic amines) is 1. The number of carbonyl (C=O) groups excluding carboxylic acids is 2. The molecule has 7 heteroatoms. The van der Waals surface area contributed by atoms with Crippen molar-refractivity contribution in [2.75, 3.05) is 19.6 Å². The van der Waals surface area contributed by atoms with Gasteiger partial charge in [-0.3, -0.25) is 9.59 Å². The monoisotopic (exact) mass is 328 g/mol. The average Bonchev–Trinajstić information content (AvgIpc) is 2.88. The van der Waals surface area contributed by atoms with E-state index in [9.17, 15) is 22.8 Å². The highest BCUT2D eigenvalue weighted by atomic mass is 19.4. The Morgan fingerprint density at radius 2 is 1.96 bits per heavy atom. The molecule has 0 spiro atoms. The molecule has 1 aromatic carbocycles. The van der Waals surface area contributed by atoms with E-state index >= 15 is 0 Å². The van der Waals surface area contributed by atoms with Crippen LogP contribution in [0, 0.1) is 5.92 Å². The topological polar surface area (TPSA) is 49.4 Å². The smallest absolute Gasteiger partial charge is 0.355 e. The zero-order valence-electron chi connectivity index (χ0n) is 12.8. The minimum Gasteiger partial charge on any atom is -0.355 e. The van der Waals surface area contributed by atoms with Gasteiger partial charge in [0.05, 0.1) is 11.5 Å². The van der Waals surface area contributed by atoms with E-state index in [0.717, 1.165) is 17.7 Å². The first-order valence-electron chi connectivity index (χ1n) is 7.53. The Balaban J connectivity index is 1.79. The zero-order valence-corrected chi connectivity index (χ0v) is 12.8. The lowest BCUT2D eigenvalue weighted by Gasteiger charge is -2.13. The lowest BCUT2D eigenvalue weighted by atomic mass is 10.1. The lowest BCUT2D eigenvalue weighted by molar-refractivity contribution is -0.137. The molecule has 0 aromatic heterocycles. The average molecular weight is 328 g/mol. The predicted octanol–water partition coefficient (Wildman–Crippen LogP) is 2.23. The highest BCUT2D eigenvalue weighted by Gasteiger charge is 2.33. The number of hydrogen-bond acceptors (Lipinski definition) is 2. The van der Waals surface area contributed by atoms with Crippen LogP contribution in [0.25, 0.3) is 0 Å². The third kappa shape index (κ3) is 4.46. The summed E-state index contributed by atoms with van der Waals surface area (Å²) in [4.78, 5) is 25.2. The molecule has 0 bridgehead atoms. The van der Waals surface area contributed by atoms with Crippen molar-refractivity contribution in [2.45, 2.75) is 25.9 Å². The summed E-state index contributed by atoms with van der Waals surface area (Å²) in [5.41, 5.74) is 0.0328. The van der Waals surface area contributed by atoms with Crippen molar-refractivity contribution in [2.24, 2.45) is 5.92 Å². The van der Waals surface area contributed by atoms with Crippen molar-refractivity contribution in [1.29, 1.82) is 0 Å². The molecule has 4 nitrogen and oxygen atoms in total. The molecule has 1 aromatic rings. The van der Waals surface area contributed by atoms with Gasteiger partial charge in [0.1, 0.15) is 0 Å². The third-order valence-corrected chi connectivity index (χ3v) is 3.96. The fourth-order valence-electron chi connectivity index (χ4n) is 2.59. The van der Waals surface area contributed by atoms with Gasteiger partial charge in [0.25, 0.3) is 0 Å². The first-order valence-corrected chi connectivity index (χ1v) is 7.53. The second-order valence-electron chi connectivity index (χ2n) is 5.57. The summed E-state index contributed by atoms with van der Waals surface area (Å²) in [7, 11) is 0. The van der Waals surface area contributed by atoms with Crippen molar-refractivity contribution < 1.29 is 22.8 Å². The van der Waals surface area contributed by atoms with Crippen LogP contribution in [0.4, 0.5) is 13.2 Å². The van der Waals surface area contributed by atoms with E-state index < -0.39 is 11.7 Å². The largest absolute Gasteiger partial charge is 0.416 e. The maximum Gasteiger partial charge on any atom is 0.416 e. The molecular formula is C16H19F3N2O2. The number of hydrogen-bond donors (Lipinski definition) is 1. The van der Waals surface area contributed by atoms with Crippen LogP contribution in [0.3, 0.4) is 0 Å². The fourth-order valence-corrected chi connectivity index (χ4v) is 2.59. The summed E-state index contributed by atoms with van der Waals surface area (Å²) in [5, 5.41) is 2.74. The summed E-state index contributed by atoms with van der Waals surface area (Å²) in [6, 6.07) is 4.89. The predicted molar refractivity (Wildman–Crippen MR) is 78.5 cm³/mol. The summed E-state index contributed by atoms with van der Waals surface area (Å²) >= 11 is 0. The number of benzene rings is 1.